The van der Waals surface area contributed by atoms with Crippen LogP contribution in [-0.2, 0) is 23.7 Å². The summed E-state index contributed by atoms with van der Waals surface area (Å²) in [6, 6.07) is -0.931. The van der Waals surface area contributed by atoms with E-state index < -0.39 is 86.8 Å². The lowest BCUT2D eigenvalue weighted by Crippen LogP contribution is -2.65. The van der Waals surface area contributed by atoms with E-state index in [1.165, 1.54) is 154 Å². The molecule has 2 saturated heterocycles. The number of hydrogen-bond acceptors (Lipinski definition) is 13. The molecular weight excluding hydrogens is 931 g/mol. The molecule has 12 unspecified atom stereocenters. The minimum absolute atomic E-state index is 0.251. The standard InChI is InChI=1S/C59H107NO13/c1-3-5-7-9-11-13-15-17-19-20-21-22-23-24-25-26-27-28-29-31-33-35-37-39-41-43-51(64)60-47(48(63)42-40-38-36-34-32-30-18-16-14-12-10-8-6-4-2)46-70-58-56(69)54(67)57(50(45-62)72-58)73-59-55(68)53(66)52(65)49(44-61)71-59/h15,17,20-21,32,34,40,42,47-50,52-59,61-63,65-69H,3-14,16,18-19,22-31,33,35-39,41,43-46H2,1-2H3,(H,60,64)/b17-15-,21-20-,34-32+,42-40+. The molecule has 0 saturated carbocycles. The lowest BCUT2D eigenvalue weighted by Gasteiger charge is -2.46. The first-order valence-corrected chi connectivity index (χ1v) is 29.4. The van der Waals surface area contributed by atoms with Crippen LogP contribution in [0.4, 0.5) is 0 Å². The zero-order valence-electron chi connectivity index (χ0n) is 45.6. The quantitative estimate of drug-likeness (QED) is 0.0205. The molecule has 2 aliphatic heterocycles. The maximum atomic E-state index is 13.2. The highest BCUT2D eigenvalue weighted by atomic mass is 16.7. The molecule has 0 aromatic rings. The Morgan fingerprint density at radius 1 is 0.493 bits per heavy atom. The number of carbonyl (C=O) groups excluding carboxylic acids is 1. The molecule has 2 fully saturated rings. The number of aliphatic hydroxyl groups is 8. The van der Waals surface area contributed by atoms with Gasteiger partial charge in [0, 0.05) is 6.42 Å². The monoisotopic (exact) mass is 1040 g/mol. The molecule has 0 aromatic heterocycles. The van der Waals surface area contributed by atoms with Crippen molar-refractivity contribution in [2.45, 2.75) is 299 Å². The predicted molar refractivity (Wildman–Crippen MR) is 291 cm³/mol. The molecule has 2 rings (SSSR count). The second-order valence-electron chi connectivity index (χ2n) is 20.8. The molecule has 9 N–H and O–H groups in total. The lowest BCUT2D eigenvalue weighted by atomic mass is 9.97. The van der Waals surface area contributed by atoms with Gasteiger partial charge in [-0.05, 0) is 64.2 Å². The van der Waals surface area contributed by atoms with Crippen LogP contribution >= 0.6 is 0 Å². The molecule has 14 heteroatoms. The number of allylic oxidation sites excluding steroid dienone is 7. The van der Waals surface area contributed by atoms with Gasteiger partial charge in [0.2, 0.25) is 5.91 Å². The molecular formula is C59H107NO13. The molecule has 426 valence electrons. The number of ether oxygens (including phenoxy) is 4. The normalized spacial score (nSPS) is 25.7. The van der Waals surface area contributed by atoms with E-state index in [0.29, 0.717) is 12.8 Å². The second kappa shape index (κ2) is 45.0. The summed E-state index contributed by atoms with van der Waals surface area (Å²) in [6.07, 6.45) is 38.7. The van der Waals surface area contributed by atoms with Crippen LogP contribution in [0.5, 0.6) is 0 Å². The number of carbonyl (C=O) groups is 1. The van der Waals surface area contributed by atoms with Gasteiger partial charge in [-0.25, -0.2) is 0 Å². The van der Waals surface area contributed by atoms with Crippen molar-refractivity contribution in [3.05, 3.63) is 48.6 Å². The van der Waals surface area contributed by atoms with Crippen LogP contribution in [-0.4, -0.2) is 140 Å². The first kappa shape index (κ1) is 67.1. The topological polar surface area (TPSA) is 228 Å². The Morgan fingerprint density at radius 3 is 1.42 bits per heavy atom. The molecule has 73 heavy (non-hydrogen) atoms. The van der Waals surface area contributed by atoms with E-state index >= 15 is 0 Å². The van der Waals surface area contributed by atoms with Crippen molar-refractivity contribution < 1.29 is 64.6 Å². The maximum absolute atomic E-state index is 13.2. The van der Waals surface area contributed by atoms with Gasteiger partial charge in [-0.1, -0.05) is 204 Å². The van der Waals surface area contributed by atoms with E-state index in [1.54, 1.807) is 6.08 Å². The Morgan fingerprint density at radius 2 is 0.918 bits per heavy atom. The van der Waals surface area contributed by atoms with E-state index in [-0.39, 0.29) is 18.9 Å². The van der Waals surface area contributed by atoms with E-state index in [2.05, 4.69) is 55.6 Å². The average molecular weight is 1040 g/mol. The fraction of sp³-hybridized carbons (Fsp3) is 0.847. The van der Waals surface area contributed by atoms with Gasteiger partial charge in [0.25, 0.3) is 0 Å². The van der Waals surface area contributed by atoms with Gasteiger partial charge in [-0.15, -0.1) is 0 Å². The molecule has 0 aromatic carbocycles. The van der Waals surface area contributed by atoms with Crippen LogP contribution in [0.3, 0.4) is 0 Å². The highest BCUT2D eigenvalue weighted by molar-refractivity contribution is 5.76. The third-order valence-electron chi connectivity index (χ3n) is 14.2. The van der Waals surface area contributed by atoms with Crippen LogP contribution in [0, 0.1) is 0 Å². The summed E-state index contributed by atoms with van der Waals surface area (Å²) in [7, 11) is 0. The molecule has 12 atom stereocenters. The zero-order valence-corrected chi connectivity index (χ0v) is 45.6. The van der Waals surface area contributed by atoms with Crippen molar-refractivity contribution in [2.75, 3.05) is 19.8 Å². The van der Waals surface area contributed by atoms with Crippen molar-refractivity contribution in [1.82, 2.24) is 5.32 Å². The number of nitrogens with one attached hydrogen (secondary N) is 1. The maximum Gasteiger partial charge on any atom is 0.220 e. The number of unbranched alkanes of at least 4 members (excludes halogenated alkanes) is 27. The first-order valence-electron chi connectivity index (χ1n) is 29.4. The van der Waals surface area contributed by atoms with Gasteiger partial charge in [-0.3, -0.25) is 4.79 Å². The highest BCUT2D eigenvalue weighted by Gasteiger charge is 2.51. The minimum Gasteiger partial charge on any atom is -0.394 e. The van der Waals surface area contributed by atoms with Gasteiger partial charge in [0.15, 0.2) is 12.6 Å². The number of aliphatic hydroxyl groups excluding tert-OH is 8. The van der Waals surface area contributed by atoms with E-state index in [9.17, 15) is 45.6 Å². The van der Waals surface area contributed by atoms with Crippen molar-refractivity contribution in [1.29, 1.82) is 0 Å². The molecule has 1 amide bonds. The third kappa shape index (κ3) is 31.1. The SMILES string of the molecule is CCCCCCC/C=C\C/C=C\CCCCCCCCCCCCCCCC(=O)NC(COC1OC(CO)C(OC2OC(CO)C(O)C(O)C2O)C(O)C1O)C(O)/C=C/CC/C=C/CCCCCCCCCC. The molecule has 0 radical (unpaired) electrons. The lowest BCUT2D eigenvalue weighted by molar-refractivity contribution is -0.359. The molecule has 0 aliphatic carbocycles. The Balaban J connectivity index is 1.75. The molecule has 2 aliphatic rings. The number of amides is 1. The predicted octanol–water partition coefficient (Wildman–Crippen LogP) is 9.61. The minimum atomic E-state index is -1.79. The van der Waals surface area contributed by atoms with Crippen molar-refractivity contribution in [3.63, 3.8) is 0 Å². The van der Waals surface area contributed by atoms with Gasteiger partial charge in [0.1, 0.15) is 48.8 Å². The largest absolute Gasteiger partial charge is 0.394 e. The Hall–Kier alpha value is -2.05. The average Bonchev–Trinajstić information content (AvgIpc) is 3.39. The fourth-order valence-electron chi connectivity index (χ4n) is 9.45. The van der Waals surface area contributed by atoms with Crippen LogP contribution in [0.25, 0.3) is 0 Å². The molecule has 14 nitrogen and oxygen atoms in total. The Labute approximate surface area is 442 Å². The smallest absolute Gasteiger partial charge is 0.220 e. The summed E-state index contributed by atoms with van der Waals surface area (Å²) in [4.78, 5) is 13.2. The first-order chi connectivity index (χ1) is 35.6. The summed E-state index contributed by atoms with van der Waals surface area (Å²) < 4.78 is 22.7. The van der Waals surface area contributed by atoms with Crippen LogP contribution in [0.1, 0.15) is 226 Å². The van der Waals surface area contributed by atoms with Gasteiger partial charge < -0.3 is 65.1 Å². The fourth-order valence-corrected chi connectivity index (χ4v) is 9.45. The summed E-state index contributed by atoms with van der Waals surface area (Å²) in [6.45, 7) is 2.76. The van der Waals surface area contributed by atoms with Gasteiger partial charge in [0.05, 0.1) is 32.0 Å². The van der Waals surface area contributed by atoms with E-state index in [4.69, 9.17) is 18.9 Å². The Bertz CT molecular complexity index is 1410. The highest BCUT2D eigenvalue weighted by Crippen LogP contribution is 2.30. The van der Waals surface area contributed by atoms with Crippen LogP contribution in [0.2, 0.25) is 0 Å². The molecule has 2 heterocycles. The molecule has 0 bridgehead atoms. The number of hydrogen-bond donors (Lipinski definition) is 9. The molecule has 0 spiro atoms. The van der Waals surface area contributed by atoms with Crippen LogP contribution in [0.15, 0.2) is 48.6 Å². The zero-order chi connectivity index (χ0) is 53.2. The summed E-state index contributed by atoms with van der Waals surface area (Å²) in [5, 5.41) is 86.9. The van der Waals surface area contributed by atoms with Crippen molar-refractivity contribution in [2.24, 2.45) is 0 Å². The summed E-state index contributed by atoms with van der Waals surface area (Å²) in [5.41, 5.74) is 0. The van der Waals surface area contributed by atoms with Gasteiger partial charge >= 0.3 is 0 Å². The number of rotatable bonds is 46. The summed E-state index contributed by atoms with van der Waals surface area (Å²) >= 11 is 0. The second-order valence-corrected chi connectivity index (χ2v) is 20.8. The summed E-state index contributed by atoms with van der Waals surface area (Å²) in [5.74, 6) is -0.251. The van der Waals surface area contributed by atoms with Crippen molar-refractivity contribution in [3.8, 4) is 0 Å². The van der Waals surface area contributed by atoms with Crippen molar-refractivity contribution >= 4 is 5.91 Å². The van der Waals surface area contributed by atoms with E-state index in [0.717, 1.165) is 38.5 Å². The van der Waals surface area contributed by atoms with E-state index in [1.807, 2.05) is 6.08 Å². The van der Waals surface area contributed by atoms with Gasteiger partial charge in [-0.2, -0.15) is 0 Å². The Kier molecular flexibility index (Phi) is 41.4. The third-order valence-corrected chi connectivity index (χ3v) is 14.2. The van der Waals surface area contributed by atoms with Crippen LogP contribution < -0.4 is 5.32 Å².